The van der Waals surface area contributed by atoms with Gasteiger partial charge in [0, 0.05) is 43.7 Å². The molecule has 3 heterocycles. The lowest BCUT2D eigenvalue weighted by molar-refractivity contribution is -0.154. The van der Waals surface area contributed by atoms with Gasteiger partial charge >= 0.3 is 0 Å². The van der Waals surface area contributed by atoms with Crippen molar-refractivity contribution in [2.45, 2.75) is 50.7 Å². The van der Waals surface area contributed by atoms with Crippen molar-refractivity contribution >= 4 is 11.8 Å². The van der Waals surface area contributed by atoms with Crippen LogP contribution >= 0.6 is 0 Å². The van der Waals surface area contributed by atoms with Crippen molar-refractivity contribution < 1.29 is 9.59 Å². The van der Waals surface area contributed by atoms with E-state index in [1.54, 1.807) is 17.0 Å². The number of hydrogen-bond acceptors (Lipinski definition) is 4. The zero-order valence-corrected chi connectivity index (χ0v) is 15.9. The molecule has 146 valence electrons. The molecule has 0 unspecified atom stereocenters. The summed E-state index contributed by atoms with van der Waals surface area (Å²) in [6.07, 6.45) is 7.94. The average molecular weight is 372 g/mol. The molecule has 7 nitrogen and oxygen atoms in total. The smallest absolute Gasteiger partial charge is 0.242 e. The molecule has 0 aromatic carbocycles. The lowest BCUT2D eigenvalue weighted by atomic mass is 9.67. The number of likely N-dealkylation sites (N-methyl/N-ethyl adjacent to an activating group) is 1. The molecule has 1 aliphatic carbocycles. The SMILES string of the molecule is CN1CC[C@]2(C(=O)NC3CC3)CCCN(C(=O)Cn3ccc(=O)cc3)[C@H]2C1. The van der Waals surface area contributed by atoms with Crippen molar-refractivity contribution in [2.24, 2.45) is 5.41 Å². The molecule has 0 spiro atoms. The number of likely N-dealkylation sites (tertiary alicyclic amines) is 2. The van der Waals surface area contributed by atoms with Crippen LogP contribution in [-0.2, 0) is 16.1 Å². The number of carbonyl (C=O) groups excluding carboxylic acids is 2. The van der Waals surface area contributed by atoms with Crippen LogP contribution in [0.3, 0.4) is 0 Å². The lowest BCUT2D eigenvalue weighted by Gasteiger charge is -2.53. The van der Waals surface area contributed by atoms with E-state index < -0.39 is 5.41 Å². The third-order valence-electron chi connectivity index (χ3n) is 6.32. The molecular weight excluding hydrogens is 344 g/mol. The van der Waals surface area contributed by atoms with Gasteiger partial charge in [0.2, 0.25) is 11.8 Å². The van der Waals surface area contributed by atoms with Crippen LogP contribution in [0.15, 0.2) is 29.3 Å². The van der Waals surface area contributed by atoms with Gasteiger partial charge in [-0.1, -0.05) is 0 Å². The summed E-state index contributed by atoms with van der Waals surface area (Å²) < 4.78 is 1.73. The van der Waals surface area contributed by atoms with Gasteiger partial charge in [-0.15, -0.1) is 0 Å². The first-order valence-electron chi connectivity index (χ1n) is 9.93. The lowest BCUT2D eigenvalue weighted by Crippen LogP contribution is -2.66. The number of piperidine rings is 2. The van der Waals surface area contributed by atoms with Crippen LogP contribution < -0.4 is 10.7 Å². The number of carbonyl (C=O) groups is 2. The molecule has 2 saturated heterocycles. The first-order chi connectivity index (χ1) is 13.0. The molecule has 2 amide bonds. The Morgan fingerprint density at radius 2 is 1.93 bits per heavy atom. The van der Waals surface area contributed by atoms with Crippen LogP contribution in [0.5, 0.6) is 0 Å². The predicted molar refractivity (Wildman–Crippen MR) is 101 cm³/mol. The summed E-state index contributed by atoms with van der Waals surface area (Å²) in [5, 5.41) is 3.21. The Morgan fingerprint density at radius 3 is 2.63 bits per heavy atom. The Labute approximate surface area is 159 Å². The van der Waals surface area contributed by atoms with Crippen molar-refractivity contribution in [3.8, 4) is 0 Å². The van der Waals surface area contributed by atoms with Crippen molar-refractivity contribution in [1.29, 1.82) is 0 Å². The summed E-state index contributed by atoms with van der Waals surface area (Å²) >= 11 is 0. The van der Waals surface area contributed by atoms with E-state index in [1.807, 2.05) is 4.90 Å². The molecule has 3 aliphatic rings. The van der Waals surface area contributed by atoms with E-state index in [0.717, 1.165) is 45.2 Å². The van der Waals surface area contributed by atoms with Crippen LogP contribution in [0.1, 0.15) is 32.1 Å². The van der Waals surface area contributed by atoms with Gasteiger partial charge in [0.1, 0.15) is 6.54 Å². The van der Waals surface area contributed by atoms with Gasteiger partial charge in [-0.3, -0.25) is 14.4 Å². The number of rotatable bonds is 4. The molecule has 3 fully saturated rings. The Bertz CT molecular complexity index is 767. The number of pyridine rings is 1. The van der Waals surface area contributed by atoms with Gasteiger partial charge in [0.15, 0.2) is 5.43 Å². The minimum Gasteiger partial charge on any atom is -0.353 e. The second kappa shape index (κ2) is 7.11. The summed E-state index contributed by atoms with van der Waals surface area (Å²) in [6, 6.07) is 3.17. The number of aromatic nitrogens is 1. The van der Waals surface area contributed by atoms with Gasteiger partial charge in [-0.25, -0.2) is 0 Å². The predicted octanol–water partition coefficient (Wildman–Crippen LogP) is 0.440. The van der Waals surface area contributed by atoms with Crippen molar-refractivity contribution in [3.63, 3.8) is 0 Å². The average Bonchev–Trinajstić information content (AvgIpc) is 3.47. The summed E-state index contributed by atoms with van der Waals surface area (Å²) in [5.74, 6) is 0.159. The van der Waals surface area contributed by atoms with E-state index in [-0.39, 0.29) is 29.8 Å². The first-order valence-corrected chi connectivity index (χ1v) is 9.93. The molecule has 2 aliphatic heterocycles. The molecule has 1 aromatic rings. The zero-order chi connectivity index (χ0) is 19.0. The third kappa shape index (κ3) is 3.65. The topological polar surface area (TPSA) is 74.7 Å². The summed E-state index contributed by atoms with van der Waals surface area (Å²) in [4.78, 5) is 41.7. The molecule has 4 rings (SSSR count). The van der Waals surface area contributed by atoms with Gasteiger partial charge in [-0.05, 0) is 45.7 Å². The largest absolute Gasteiger partial charge is 0.353 e. The van der Waals surface area contributed by atoms with E-state index >= 15 is 0 Å². The maximum absolute atomic E-state index is 13.2. The van der Waals surface area contributed by atoms with E-state index in [0.29, 0.717) is 12.6 Å². The number of hydrogen-bond donors (Lipinski definition) is 1. The van der Waals surface area contributed by atoms with Gasteiger partial charge < -0.3 is 19.7 Å². The number of nitrogens with one attached hydrogen (secondary N) is 1. The van der Waals surface area contributed by atoms with Crippen LogP contribution in [-0.4, -0.2) is 64.9 Å². The van der Waals surface area contributed by atoms with Crippen molar-refractivity contribution in [1.82, 2.24) is 19.7 Å². The number of fused-ring (bicyclic) bond motifs is 1. The summed E-state index contributed by atoms with van der Waals surface area (Å²) in [7, 11) is 2.06. The van der Waals surface area contributed by atoms with Crippen LogP contribution in [0.25, 0.3) is 0 Å². The molecule has 27 heavy (non-hydrogen) atoms. The number of nitrogens with zero attached hydrogens (tertiary/aromatic N) is 3. The van der Waals surface area contributed by atoms with Gasteiger partial charge in [0.25, 0.3) is 0 Å². The fourth-order valence-corrected chi connectivity index (χ4v) is 4.56. The van der Waals surface area contributed by atoms with E-state index in [9.17, 15) is 14.4 Å². The Morgan fingerprint density at radius 1 is 1.19 bits per heavy atom. The van der Waals surface area contributed by atoms with Crippen LogP contribution in [0, 0.1) is 5.41 Å². The Hall–Kier alpha value is -2.15. The molecule has 0 bridgehead atoms. The molecule has 0 radical (unpaired) electrons. The summed E-state index contributed by atoms with van der Waals surface area (Å²) in [5.41, 5.74) is -0.534. The first kappa shape index (κ1) is 18.2. The van der Waals surface area contributed by atoms with Gasteiger partial charge in [-0.2, -0.15) is 0 Å². The zero-order valence-electron chi connectivity index (χ0n) is 15.9. The molecule has 1 saturated carbocycles. The molecule has 7 heteroatoms. The second-order valence-corrected chi connectivity index (χ2v) is 8.33. The maximum Gasteiger partial charge on any atom is 0.242 e. The molecule has 2 atom stereocenters. The standard InChI is InChI=1S/C20H28N4O3/c1-22-12-8-20(19(27)21-15-3-4-15)7-2-9-24(17(20)13-22)18(26)14-23-10-5-16(25)6-11-23/h5-6,10-11,15,17H,2-4,7-9,12-14H2,1H3,(H,21,27)/t17-,20+/m0/s1. The second-order valence-electron chi connectivity index (χ2n) is 8.33. The maximum atomic E-state index is 13.2. The van der Waals surface area contributed by atoms with Crippen molar-refractivity contribution in [2.75, 3.05) is 26.7 Å². The van der Waals surface area contributed by atoms with Crippen LogP contribution in [0.2, 0.25) is 0 Å². The summed E-state index contributed by atoms with van der Waals surface area (Å²) in [6.45, 7) is 2.50. The fraction of sp³-hybridized carbons (Fsp3) is 0.650. The van der Waals surface area contributed by atoms with E-state index in [4.69, 9.17) is 0 Å². The minimum absolute atomic E-state index is 0.0160. The highest BCUT2D eigenvalue weighted by Crippen LogP contribution is 2.43. The quantitative estimate of drug-likeness (QED) is 0.832. The normalized spacial score (nSPS) is 28.5. The Balaban J connectivity index is 1.56. The number of amides is 2. The molecule has 1 aromatic heterocycles. The third-order valence-corrected chi connectivity index (χ3v) is 6.32. The highest BCUT2D eigenvalue weighted by atomic mass is 16.2. The monoisotopic (exact) mass is 372 g/mol. The fourth-order valence-electron chi connectivity index (χ4n) is 4.56. The highest BCUT2D eigenvalue weighted by molar-refractivity contribution is 5.86. The highest BCUT2D eigenvalue weighted by Gasteiger charge is 2.53. The van der Waals surface area contributed by atoms with Crippen molar-refractivity contribution in [3.05, 3.63) is 34.7 Å². The van der Waals surface area contributed by atoms with E-state index in [2.05, 4.69) is 17.3 Å². The molecular formula is C20H28N4O3. The van der Waals surface area contributed by atoms with Crippen LogP contribution in [0.4, 0.5) is 0 Å². The minimum atomic E-state index is -0.466. The van der Waals surface area contributed by atoms with Gasteiger partial charge in [0.05, 0.1) is 11.5 Å². The Kier molecular flexibility index (Phi) is 4.80. The van der Waals surface area contributed by atoms with E-state index in [1.165, 1.54) is 12.1 Å². The molecule has 1 N–H and O–H groups in total.